The highest BCUT2D eigenvalue weighted by Gasteiger charge is 2.20. The summed E-state index contributed by atoms with van der Waals surface area (Å²) in [5, 5.41) is 9.10. The van der Waals surface area contributed by atoms with Crippen molar-refractivity contribution in [2.45, 2.75) is 13.0 Å². The first kappa shape index (κ1) is 14.7. The van der Waals surface area contributed by atoms with Crippen molar-refractivity contribution in [1.29, 1.82) is 0 Å². The lowest BCUT2D eigenvalue weighted by Gasteiger charge is -2.34. The Bertz CT molecular complexity index is 642. The Hall–Kier alpha value is -1.86. The summed E-state index contributed by atoms with van der Waals surface area (Å²) in [4.78, 5) is 4.78. The van der Waals surface area contributed by atoms with Gasteiger partial charge in [0.25, 0.3) is 0 Å². The summed E-state index contributed by atoms with van der Waals surface area (Å²) in [6.45, 7) is 6.49. The number of fused-ring (bicyclic) bond motifs is 1. The van der Waals surface area contributed by atoms with Crippen LogP contribution in [0.3, 0.4) is 0 Å². The van der Waals surface area contributed by atoms with Gasteiger partial charge in [0.05, 0.1) is 13.2 Å². The fraction of sp³-hybridized carbons (Fsp3) is 0.500. The van der Waals surface area contributed by atoms with E-state index >= 15 is 0 Å². The normalized spacial score (nSPS) is 18.7. The molecule has 0 amide bonds. The van der Waals surface area contributed by atoms with Gasteiger partial charge in [-0.3, -0.25) is 4.90 Å². The van der Waals surface area contributed by atoms with Crippen LogP contribution in [0.15, 0.2) is 23.7 Å². The summed E-state index contributed by atoms with van der Waals surface area (Å²) in [5.74, 6) is 1.75. The van der Waals surface area contributed by atoms with Crippen molar-refractivity contribution in [3.63, 3.8) is 0 Å². The summed E-state index contributed by atoms with van der Waals surface area (Å²) >= 11 is 1.61. The number of hydrogen-bond donors (Lipinski definition) is 0. The number of aromatic nitrogens is 2. The Kier molecular flexibility index (Phi) is 4.30. The molecule has 0 atom stereocenters. The summed E-state index contributed by atoms with van der Waals surface area (Å²) < 4.78 is 11.5. The highest BCUT2D eigenvalue weighted by molar-refractivity contribution is 7.13. The molecule has 3 heterocycles. The number of anilines is 1. The predicted octanol–water partition coefficient (Wildman–Crippen LogP) is 2.02. The van der Waals surface area contributed by atoms with Crippen LogP contribution in [0.4, 0.5) is 5.13 Å². The van der Waals surface area contributed by atoms with Crippen molar-refractivity contribution < 1.29 is 9.47 Å². The van der Waals surface area contributed by atoms with Crippen LogP contribution in [0, 0.1) is 0 Å². The number of rotatable bonds is 3. The molecule has 122 valence electrons. The first-order valence-electron chi connectivity index (χ1n) is 8.00. The summed E-state index contributed by atoms with van der Waals surface area (Å²) in [6.07, 6.45) is 0.942. The minimum Gasteiger partial charge on any atom is -0.490 e. The van der Waals surface area contributed by atoms with E-state index in [1.807, 2.05) is 6.07 Å². The standard InChI is InChI=1S/C16H20N4O2S/c1-8-21-14-3-2-13(10-15(14)22-9-1)11-19-4-6-20(7-5-19)16-18-17-12-23-16/h2-3,10,12H,1,4-9,11H2. The smallest absolute Gasteiger partial charge is 0.208 e. The lowest BCUT2D eigenvalue weighted by molar-refractivity contribution is 0.249. The van der Waals surface area contributed by atoms with Gasteiger partial charge >= 0.3 is 0 Å². The Morgan fingerprint density at radius 3 is 2.65 bits per heavy atom. The van der Waals surface area contributed by atoms with E-state index in [0.717, 1.165) is 69.0 Å². The van der Waals surface area contributed by atoms with Crippen LogP contribution in [0.25, 0.3) is 0 Å². The van der Waals surface area contributed by atoms with Gasteiger partial charge in [-0.25, -0.2) is 0 Å². The van der Waals surface area contributed by atoms with E-state index in [4.69, 9.17) is 9.47 Å². The van der Waals surface area contributed by atoms with Gasteiger partial charge in [-0.15, -0.1) is 10.2 Å². The lowest BCUT2D eigenvalue weighted by Crippen LogP contribution is -2.45. The number of piperazine rings is 1. The molecule has 23 heavy (non-hydrogen) atoms. The minimum atomic E-state index is 0.733. The average molecular weight is 332 g/mol. The zero-order chi connectivity index (χ0) is 15.5. The van der Waals surface area contributed by atoms with Crippen LogP contribution in [0.5, 0.6) is 11.5 Å². The SMILES string of the molecule is c1nnc(N2CCN(Cc3ccc4c(c3)OCCCO4)CC2)s1. The monoisotopic (exact) mass is 332 g/mol. The van der Waals surface area contributed by atoms with Crippen molar-refractivity contribution >= 4 is 16.5 Å². The fourth-order valence-corrected chi connectivity index (χ4v) is 3.58. The van der Waals surface area contributed by atoms with Gasteiger partial charge in [0.2, 0.25) is 5.13 Å². The van der Waals surface area contributed by atoms with Gasteiger partial charge in [-0.1, -0.05) is 17.4 Å². The molecule has 0 aliphatic carbocycles. The predicted molar refractivity (Wildman–Crippen MR) is 89.4 cm³/mol. The summed E-state index contributed by atoms with van der Waals surface area (Å²) in [6, 6.07) is 6.30. The second-order valence-corrected chi connectivity index (χ2v) is 6.63. The van der Waals surface area contributed by atoms with Gasteiger partial charge in [0.15, 0.2) is 11.5 Å². The first-order chi connectivity index (χ1) is 11.4. The van der Waals surface area contributed by atoms with E-state index in [0.29, 0.717) is 0 Å². The van der Waals surface area contributed by atoms with Crippen molar-refractivity contribution in [3.8, 4) is 11.5 Å². The second-order valence-electron chi connectivity index (χ2n) is 5.82. The number of benzene rings is 1. The quantitative estimate of drug-likeness (QED) is 0.857. The molecule has 2 aromatic rings. The zero-order valence-corrected chi connectivity index (χ0v) is 13.8. The number of ether oxygens (including phenoxy) is 2. The van der Waals surface area contributed by atoms with Gasteiger partial charge in [-0.05, 0) is 17.7 Å². The van der Waals surface area contributed by atoms with Crippen LogP contribution < -0.4 is 14.4 Å². The molecule has 1 aromatic heterocycles. The summed E-state index contributed by atoms with van der Waals surface area (Å²) in [5.41, 5.74) is 3.07. The maximum absolute atomic E-state index is 5.78. The molecular weight excluding hydrogens is 312 g/mol. The van der Waals surface area contributed by atoms with Crippen LogP contribution in [-0.4, -0.2) is 54.5 Å². The zero-order valence-electron chi connectivity index (χ0n) is 13.0. The molecule has 0 spiro atoms. The molecule has 6 nitrogen and oxygen atoms in total. The first-order valence-corrected chi connectivity index (χ1v) is 8.88. The van der Waals surface area contributed by atoms with Gasteiger partial charge in [-0.2, -0.15) is 0 Å². The molecule has 0 unspecified atom stereocenters. The third kappa shape index (κ3) is 3.40. The molecule has 1 fully saturated rings. The van der Waals surface area contributed by atoms with E-state index in [-0.39, 0.29) is 0 Å². The molecular formula is C16H20N4O2S. The number of nitrogens with zero attached hydrogens (tertiary/aromatic N) is 4. The van der Waals surface area contributed by atoms with E-state index in [1.165, 1.54) is 5.56 Å². The molecule has 0 bridgehead atoms. The van der Waals surface area contributed by atoms with E-state index in [2.05, 4.69) is 32.1 Å². The third-order valence-electron chi connectivity index (χ3n) is 4.21. The molecule has 4 rings (SSSR count). The Morgan fingerprint density at radius 2 is 1.87 bits per heavy atom. The number of hydrogen-bond acceptors (Lipinski definition) is 7. The third-order valence-corrected chi connectivity index (χ3v) is 4.96. The molecule has 2 aliphatic heterocycles. The topological polar surface area (TPSA) is 50.7 Å². The Balaban J connectivity index is 1.37. The maximum atomic E-state index is 5.78. The Labute approximate surface area is 139 Å². The average Bonchev–Trinajstić information content (AvgIpc) is 3.02. The van der Waals surface area contributed by atoms with Crippen LogP contribution in [0.1, 0.15) is 12.0 Å². The molecule has 0 N–H and O–H groups in total. The van der Waals surface area contributed by atoms with Crippen LogP contribution >= 0.6 is 11.3 Å². The molecule has 0 saturated carbocycles. The van der Waals surface area contributed by atoms with Crippen molar-refractivity contribution in [2.75, 3.05) is 44.3 Å². The second kappa shape index (κ2) is 6.72. The van der Waals surface area contributed by atoms with Crippen molar-refractivity contribution in [2.24, 2.45) is 0 Å². The summed E-state index contributed by atoms with van der Waals surface area (Å²) in [7, 11) is 0. The Morgan fingerprint density at radius 1 is 1.04 bits per heavy atom. The fourth-order valence-electron chi connectivity index (χ4n) is 2.97. The van der Waals surface area contributed by atoms with Crippen molar-refractivity contribution in [3.05, 3.63) is 29.3 Å². The van der Waals surface area contributed by atoms with Gasteiger partial charge < -0.3 is 14.4 Å². The van der Waals surface area contributed by atoms with E-state index in [9.17, 15) is 0 Å². The molecule has 1 aromatic carbocycles. The van der Waals surface area contributed by atoms with Crippen LogP contribution in [-0.2, 0) is 6.54 Å². The van der Waals surface area contributed by atoms with E-state index < -0.39 is 0 Å². The maximum Gasteiger partial charge on any atom is 0.208 e. The van der Waals surface area contributed by atoms with Gasteiger partial charge in [0, 0.05) is 39.1 Å². The van der Waals surface area contributed by atoms with Crippen LogP contribution in [0.2, 0.25) is 0 Å². The van der Waals surface area contributed by atoms with E-state index in [1.54, 1.807) is 16.8 Å². The highest BCUT2D eigenvalue weighted by atomic mass is 32.1. The minimum absolute atomic E-state index is 0.733. The molecule has 7 heteroatoms. The largest absolute Gasteiger partial charge is 0.490 e. The lowest BCUT2D eigenvalue weighted by atomic mass is 10.1. The molecule has 1 saturated heterocycles. The molecule has 0 radical (unpaired) electrons. The highest BCUT2D eigenvalue weighted by Crippen LogP contribution is 2.31. The van der Waals surface area contributed by atoms with Crippen molar-refractivity contribution in [1.82, 2.24) is 15.1 Å². The molecule has 2 aliphatic rings. The van der Waals surface area contributed by atoms with Gasteiger partial charge in [0.1, 0.15) is 5.51 Å².